The number of H-pyrrole nitrogens is 1. The molecule has 0 spiro atoms. The maximum Gasteiger partial charge on any atom is 0.326 e. The molecular weight excluding hydrogens is 320 g/mol. The Kier molecular flexibility index (Phi) is 5.16. The molecule has 132 valence electrons. The molecule has 0 radical (unpaired) electrons. The number of carbonyl (C=O) groups is 2. The molecule has 1 aromatic heterocycles. The molecule has 1 atom stereocenters. The van der Waals surface area contributed by atoms with Crippen molar-refractivity contribution in [3.63, 3.8) is 0 Å². The molecule has 0 saturated heterocycles. The van der Waals surface area contributed by atoms with Gasteiger partial charge in [-0.15, -0.1) is 0 Å². The number of hydrogen-bond acceptors (Lipinski definition) is 3. The van der Waals surface area contributed by atoms with E-state index >= 15 is 0 Å². The molecule has 2 aromatic rings. The minimum atomic E-state index is -1.13. The van der Waals surface area contributed by atoms with Crippen LogP contribution in [0.1, 0.15) is 37.7 Å². The number of hydrogen-bond donors (Lipinski definition) is 3. The van der Waals surface area contributed by atoms with Gasteiger partial charge in [0.15, 0.2) is 0 Å². The normalized spacial score (nSPS) is 16.5. The van der Waals surface area contributed by atoms with E-state index in [0.717, 1.165) is 37.5 Å². The van der Waals surface area contributed by atoms with Crippen molar-refractivity contribution in [2.45, 2.75) is 44.6 Å². The highest BCUT2D eigenvalue weighted by Gasteiger charge is 2.27. The summed E-state index contributed by atoms with van der Waals surface area (Å²) >= 11 is 0. The van der Waals surface area contributed by atoms with Gasteiger partial charge in [-0.3, -0.25) is 9.59 Å². The summed E-state index contributed by atoms with van der Waals surface area (Å²) in [5, 5.41) is 12.9. The van der Waals surface area contributed by atoms with Crippen LogP contribution in [0.3, 0.4) is 0 Å². The number of fused-ring (bicyclic) bond motifs is 1. The zero-order valence-corrected chi connectivity index (χ0v) is 14.0. The smallest absolute Gasteiger partial charge is 0.326 e. The van der Waals surface area contributed by atoms with Gasteiger partial charge in [0.1, 0.15) is 6.04 Å². The van der Waals surface area contributed by atoms with Gasteiger partial charge in [0.25, 0.3) is 5.56 Å². The molecule has 6 nitrogen and oxygen atoms in total. The minimum Gasteiger partial charge on any atom is -0.480 e. The van der Waals surface area contributed by atoms with Crippen LogP contribution in [0.2, 0.25) is 0 Å². The fourth-order valence-electron chi connectivity index (χ4n) is 3.42. The average Bonchev–Trinajstić information content (AvgIpc) is 2.62. The summed E-state index contributed by atoms with van der Waals surface area (Å²) in [6, 6.07) is 7.91. The first-order valence-electron chi connectivity index (χ1n) is 8.69. The summed E-state index contributed by atoms with van der Waals surface area (Å²) in [4.78, 5) is 38.9. The van der Waals surface area contributed by atoms with Gasteiger partial charge in [0.2, 0.25) is 5.91 Å². The van der Waals surface area contributed by atoms with Gasteiger partial charge in [-0.25, -0.2) is 4.79 Å². The van der Waals surface area contributed by atoms with Crippen LogP contribution in [0.15, 0.2) is 35.1 Å². The Morgan fingerprint density at radius 3 is 2.64 bits per heavy atom. The number of benzene rings is 1. The Balaban J connectivity index is 1.77. The number of carboxylic acid groups (broad SMARTS) is 1. The maximum atomic E-state index is 12.3. The fraction of sp³-hybridized carbons (Fsp3) is 0.421. The topological polar surface area (TPSA) is 99.3 Å². The Labute approximate surface area is 145 Å². The second-order valence-electron chi connectivity index (χ2n) is 6.65. The van der Waals surface area contributed by atoms with Crippen molar-refractivity contribution >= 4 is 22.8 Å². The lowest BCUT2D eigenvalue weighted by molar-refractivity contribution is -0.142. The van der Waals surface area contributed by atoms with Crippen molar-refractivity contribution in [1.82, 2.24) is 10.3 Å². The third kappa shape index (κ3) is 4.07. The third-order valence-corrected chi connectivity index (χ3v) is 4.84. The number of aromatic amines is 1. The average molecular weight is 342 g/mol. The molecule has 0 bridgehead atoms. The molecule has 1 saturated carbocycles. The second-order valence-corrected chi connectivity index (χ2v) is 6.65. The lowest BCUT2D eigenvalue weighted by Gasteiger charge is -2.23. The van der Waals surface area contributed by atoms with Gasteiger partial charge in [-0.1, -0.05) is 37.5 Å². The number of aromatic nitrogens is 1. The first-order chi connectivity index (χ1) is 12.0. The van der Waals surface area contributed by atoms with Crippen molar-refractivity contribution in [2.24, 2.45) is 5.92 Å². The number of carboxylic acids is 1. The zero-order chi connectivity index (χ0) is 17.8. The van der Waals surface area contributed by atoms with Crippen LogP contribution in [-0.2, 0) is 16.0 Å². The van der Waals surface area contributed by atoms with Crippen LogP contribution >= 0.6 is 0 Å². The predicted molar refractivity (Wildman–Crippen MR) is 94.4 cm³/mol. The Morgan fingerprint density at radius 1 is 1.20 bits per heavy atom. The van der Waals surface area contributed by atoms with E-state index in [1.807, 2.05) is 18.2 Å². The molecule has 1 fully saturated rings. The number of amides is 1. The van der Waals surface area contributed by atoms with E-state index in [2.05, 4.69) is 10.3 Å². The number of carbonyl (C=O) groups excluding carboxylic acids is 1. The minimum absolute atomic E-state index is 0.0338. The highest BCUT2D eigenvalue weighted by Crippen LogP contribution is 2.23. The van der Waals surface area contributed by atoms with Crippen LogP contribution in [0, 0.1) is 5.92 Å². The Hall–Kier alpha value is -2.63. The molecule has 1 aliphatic carbocycles. The maximum absolute atomic E-state index is 12.3. The monoisotopic (exact) mass is 342 g/mol. The van der Waals surface area contributed by atoms with E-state index < -0.39 is 12.0 Å². The SMILES string of the molecule is O=C(NC(Cc1cc2ccccc2[nH]c1=O)C(=O)O)C1CCCCC1. The lowest BCUT2D eigenvalue weighted by Crippen LogP contribution is -2.46. The third-order valence-electron chi connectivity index (χ3n) is 4.84. The van der Waals surface area contributed by atoms with Crippen LogP contribution in [0.25, 0.3) is 10.9 Å². The van der Waals surface area contributed by atoms with Crippen molar-refractivity contribution < 1.29 is 14.7 Å². The molecule has 6 heteroatoms. The molecule has 3 N–H and O–H groups in total. The van der Waals surface area contributed by atoms with Crippen LogP contribution in [0.5, 0.6) is 0 Å². The van der Waals surface area contributed by atoms with Crippen molar-refractivity contribution in [2.75, 3.05) is 0 Å². The van der Waals surface area contributed by atoms with Gasteiger partial charge in [-0.2, -0.15) is 0 Å². The van der Waals surface area contributed by atoms with E-state index in [1.165, 1.54) is 0 Å². The number of aliphatic carboxylic acids is 1. The molecule has 1 aromatic carbocycles. The van der Waals surface area contributed by atoms with E-state index in [1.54, 1.807) is 12.1 Å². The first-order valence-corrected chi connectivity index (χ1v) is 8.69. The molecular formula is C19H22N2O4. The second kappa shape index (κ2) is 7.51. The summed E-state index contributed by atoms with van der Waals surface area (Å²) in [7, 11) is 0. The molecule has 1 heterocycles. The standard InChI is InChI=1S/C19H22N2O4/c22-17(12-6-2-1-3-7-12)21-16(19(24)25)11-14-10-13-8-4-5-9-15(13)20-18(14)23/h4-5,8-10,12,16H,1-3,6-7,11H2,(H,20,23)(H,21,22)(H,24,25). The van der Waals surface area contributed by atoms with Crippen LogP contribution in [-0.4, -0.2) is 28.0 Å². The van der Waals surface area contributed by atoms with E-state index in [-0.39, 0.29) is 23.8 Å². The molecule has 1 aliphatic rings. The molecule has 1 amide bonds. The highest BCUT2D eigenvalue weighted by atomic mass is 16.4. The lowest BCUT2D eigenvalue weighted by atomic mass is 9.88. The first kappa shape index (κ1) is 17.2. The van der Waals surface area contributed by atoms with Crippen LogP contribution in [0.4, 0.5) is 0 Å². The summed E-state index contributed by atoms with van der Waals surface area (Å²) in [5.74, 6) is -1.47. The largest absolute Gasteiger partial charge is 0.480 e. The number of rotatable bonds is 5. The number of para-hydroxylation sites is 1. The Bertz CT molecular complexity index is 837. The molecule has 1 unspecified atom stereocenters. The van der Waals surface area contributed by atoms with Gasteiger partial charge in [0, 0.05) is 23.4 Å². The van der Waals surface area contributed by atoms with Crippen molar-refractivity contribution in [1.29, 1.82) is 0 Å². The van der Waals surface area contributed by atoms with Gasteiger partial charge < -0.3 is 15.4 Å². The number of nitrogens with one attached hydrogen (secondary N) is 2. The zero-order valence-electron chi connectivity index (χ0n) is 14.0. The molecule has 3 rings (SSSR count). The molecule has 0 aliphatic heterocycles. The fourth-order valence-corrected chi connectivity index (χ4v) is 3.42. The van der Waals surface area contributed by atoms with Gasteiger partial charge >= 0.3 is 5.97 Å². The molecule has 25 heavy (non-hydrogen) atoms. The predicted octanol–water partition coefficient (Wildman–Crippen LogP) is 2.22. The summed E-state index contributed by atoms with van der Waals surface area (Å²) in [6.07, 6.45) is 4.69. The van der Waals surface area contributed by atoms with Gasteiger partial charge in [0.05, 0.1) is 0 Å². The van der Waals surface area contributed by atoms with Crippen molar-refractivity contribution in [3.05, 3.63) is 46.2 Å². The highest BCUT2D eigenvalue weighted by molar-refractivity contribution is 5.85. The summed E-state index contributed by atoms with van der Waals surface area (Å²) < 4.78 is 0. The van der Waals surface area contributed by atoms with Crippen molar-refractivity contribution in [3.8, 4) is 0 Å². The van der Waals surface area contributed by atoms with E-state index in [9.17, 15) is 19.5 Å². The quantitative estimate of drug-likeness (QED) is 0.776. The van der Waals surface area contributed by atoms with E-state index in [4.69, 9.17) is 0 Å². The number of pyridine rings is 1. The Morgan fingerprint density at radius 2 is 1.92 bits per heavy atom. The van der Waals surface area contributed by atoms with E-state index in [0.29, 0.717) is 11.1 Å². The van der Waals surface area contributed by atoms with Crippen LogP contribution < -0.4 is 10.9 Å². The summed E-state index contributed by atoms with van der Waals surface area (Å²) in [6.45, 7) is 0. The summed E-state index contributed by atoms with van der Waals surface area (Å²) in [5.41, 5.74) is 0.737. The van der Waals surface area contributed by atoms with Gasteiger partial charge in [-0.05, 0) is 30.4 Å².